The summed E-state index contributed by atoms with van der Waals surface area (Å²) in [6, 6.07) is 3.78. The largest absolute Gasteiger partial charge is 0.386 e. The molecule has 0 unspecified atom stereocenters. The van der Waals surface area contributed by atoms with E-state index >= 15 is 0 Å². The lowest BCUT2D eigenvalue weighted by Crippen LogP contribution is -2.18. The quantitative estimate of drug-likeness (QED) is 0.457. The van der Waals surface area contributed by atoms with E-state index in [-0.39, 0.29) is 11.6 Å². The Morgan fingerprint density at radius 2 is 1.95 bits per heavy atom. The van der Waals surface area contributed by atoms with E-state index in [9.17, 15) is 4.79 Å². The standard InChI is InChI=1S/C13H16ClN5O/c14-7-12(15)16-10-5-8-9(18-13(20)17-8)6-11(10)19-3-1-2-4-19/h5-6H,1-4,7H2,(H2,15,16)(H2,17,18,20). The van der Waals surface area contributed by atoms with Gasteiger partial charge in [-0.15, -0.1) is 11.6 Å². The second-order valence-corrected chi connectivity index (χ2v) is 5.16. The number of aromatic amines is 2. The van der Waals surface area contributed by atoms with Gasteiger partial charge in [0.15, 0.2) is 0 Å². The van der Waals surface area contributed by atoms with Gasteiger partial charge in [0.25, 0.3) is 0 Å². The van der Waals surface area contributed by atoms with Crippen molar-refractivity contribution in [3.8, 4) is 0 Å². The van der Waals surface area contributed by atoms with Crippen LogP contribution < -0.4 is 16.3 Å². The van der Waals surface area contributed by atoms with E-state index in [1.807, 2.05) is 12.1 Å². The Morgan fingerprint density at radius 3 is 2.60 bits per heavy atom. The summed E-state index contributed by atoms with van der Waals surface area (Å²) >= 11 is 5.70. The third kappa shape index (κ3) is 2.38. The Labute approximate surface area is 120 Å². The summed E-state index contributed by atoms with van der Waals surface area (Å²) in [5.41, 5.74) is 8.75. The zero-order chi connectivity index (χ0) is 14.1. The lowest BCUT2D eigenvalue weighted by molar-refractivity contribution is 0.949. The molecule has 1 aliphatic rings. The maximum absolute atomic E-state index is 11.4. The first-order chi connectivity index (χ1) is 9.67. The molecule has 0 radical (unpaired) electrons. The Kier molecular flexibility index (Phi) is 3.40. The highest BCUT2D eigenvalue weighted by Crippen LogP contribution is 2.34. The number of amidine groups is 1. The van der Waals surface area contributed by atoms with Gasteiger partial charge in [-0.1, -0.05) is 0 Å². The van der Waals surface area contributed by atoms with Crippen LogP contribution in [0, 0.1) is 0 Å². The minimum absolute atomic E-state index is 0.182. The SMILES string of the molecule is NC(CCl)=Nc1cc2[nH]c(=O)[nH]c2cc1N1CCCC1. The molecular weight excluding hydrogens is 278 g/mol. The first-order valence-corrected chi connectivity index (χ1v) is 7.11. The van der Waals surface area contributed by atoms with Crippen molar-refractivity contribution in [2.45, 2.75) is 12.8 Å². The van der Waals surface area contributed by atoms with Gasteiger partial charge in [-0.3, -0.25) is 0 Å². The molecule has 1 fully saturated rings. The number of fused-ring (bicyclic) bond motifs is 1. The molecule has 106 valence electrons. The Balaban J connectivity index is 2.16. The molecule has 2 heterocycles. The third-order valence-electron chi connectivity index (χ3n) is 3.46. The minimum atomic E-state index is -0.223. The number of anilines is 1. The number of imidazole rings is 1. The van der Waals surface area contributed by atoms with E-state index in [2.05, 4.69) is 19.9 Å². The smallest absolute Gasteiger partial charge is 0.323 e. The second-order valence-electron chi connectivity index (χ2n) is 4.90. The van der Waals surface area contributed by atoms with Gasteiger partial charge in [0, 0.05) is 13.1 Å². The van der Waals surface area contributed by atoms with Gasteiger partial charge >= 0.3 is 5.69 Å². The number of nitrogens with two attached hydrogens (primary N) is 1. The van der Waals surface area contributed by atoms with Crippen LogP contribution in [-0.4, -0.2) is 34.8 Å². The molecule has 1 aromatic carbocycles. The van der Waals surface area contributed by atoms with Crippen LogP contribution in [0.3, 0.4) is 0 Å². The molecule has 0 bridgehead atoms. The monoisotopic (exact) mass is 293 g/mol. The van der Waals surface area contributed by atoms with E-state index in [0.717, 1.165) is 48.3 Å². The van der Waals surface area contributed by atoms with E-state index < -0.39 is 0 Å². The minimum Gasteiger partial charge on any atom is -0.386 e. The van der Waals surface area contributed by atoms with Crippen LogP contribution in [0.1, 0.15) is 12.8 Å². The van der Waals surface area contributed by atoms with Gasteiger partial charge in [0.1, 0.15) is 5.84 Å². The third-order valence-corrected chi connectivity index (χ3v) is 3.73. The lowest BCUT2D eigenvalue weighted by atomic mass is 10.2. The fourth-order valence-corrected chi connectivity index (χ4v) is 2.60. The molecule has 4 N–H and O–H groups in total. The fraction of sp³-hybridized carbons (Fsp3) is 0.385. The summed E-state index contributed by atoms with van der Waals surface area (Å²) in [5.74, 6) is 0.547. The molecule has 1 aromatic heterocycles. The molecule has 7 heteroatoms. The summed E-state index contributed by atoms with van der Waals surface area (Å²) in [5, 5.41) is 0. The molecule has 0 saturated carbocycles. The number of alkyl halides is 1. The van der Waals surface area contributed by atoms with Crippen molar-refractivity contribution >= 4 is 39.8 Å². The Hall–Kier alpha value is -1.95. The molecule has 3 rings (SSSR count). The van der Waals surface area contributed by atoms with Gasteiger partial charge in [0.2, 0.25) is 0 Å². The molecule has 0 amide bonds. The van der Waals surface area contributed by atoms with Gasteiger partial charge in [-0.25, -0.2) is 9.79 Å². The van der Waals surface area contributed by atoms with Crippen molar-refractivity contribution in [1.29, 1.82) is 0 Å². The number of hydrogen-bond acceptors (Lipinski definition) is 3. The highest BCUT2D eigenvalue weighted by Gasteiger charge is 2.17. The molecule has 2 aromatic rings. The number of nitrogens with one attached hydrogen (secondary N) is 2. The molecule has 0 spiro atoms. The second kappa shape index (κ2) is 5.20. The van der Waals surface area contributed by atoms with E-state index in [4.69, 9.17) is 17.3 Å². The number of aromatic nitrogens is 2. The van der Waals surface area contributed by atoms with Crippen LogP contribution in [0.2, 0.25) is 0 Å². The van der Waals surface area contributed by atoms with Crippen LogP contribution in [0.15, 0.2) is 21.9 Å². The van der Waals surface area contributed by atoms with E-state index in [1.165, 1.54) is 0 Å². The number of hydrogen-bond donors (Lipinski definition) is 3. The van der Waals surface area contributed by atoms with Crippen LogP contribution in [-0.2, 0) is 0 Å². The zero-order valence-corrected chi connectivity index (χ0v) is 11.7. The molecule has 0 aliphatic carbocycles. The number of halogens is 1. The highest BCUT2D eigenvalue weighted by molar-refractivity contribution is 6.28. The first kappa shape index (κ1) is 13.1. The topological polar surface area (TPSA) is 90.3 Å². The molecule has 20 heavy (non-hydrogen) atoms. The Bertz CT molecular complexity index is 711. The maximum atomic E-state index is 11.4. The van der Waals surface area contributed by atoms with Crippen LogP contribution in [0.25, 0.3) is 11.0 Å². The number of aliphatic imine (C=N–C) groups is 1. The van der Waals surface area contributed by atoms with Crippen LogP contribution >= 0.6 is 11.6 Å². The van der Waals surface area contributed by atoms with Crippen molar-refractivity contribution in [2.24, 2.45) is 10.7 Å². The highest BCUT2D eigenvalue weighted by atomic mass is 35.5. The molecule has 6 nitrogen and oxygen atoms in total. The van der Waals surface area contributed by atoms with Gasteiger partial charge in [-0.05, 0) is 25.0 Å². The first-order valence-electron chi connectivity index (χ1n) is 6.57. The summed E-state index contributed by atoms with van der Waals surface area (Å²) in [7, 11) is 0. The van der Waals surface area contributed by atoms with Crippen LogP contribution in [0.4, 0.5) is 11.4 Å². The summed E-state index contributed by atoms with van der Waals surface area (Å²) < 4.78 is 0. The van der Waals surface area contributed by atoms with Crippen molar-refractivity contribution in [3.05, 3.63) is 22.6 Å². The van der Waals surface area contributed by atoms with Crippen molar-refractivity contribution in [3.63, 3.8) is 0 Å². The average molecular weight is 294 g/mol. The van der Waals surface area contributed by atoms with Crippen molar-refractivity contribution in [1.82, 2.24) is 9.97 Å². The van der Waals surface area contributed by atoms with E-state index in [1.54, 1.807) is 0 Å². The Morgan fingerprint density at radius 1 is 1.30 bits per heavy atom. The number of nitrogens with zero attached hydrogens (tertiary/aromatic N) is 2. The predicted octanol–water partition coefficient (Wildman–Crippen LogP) is 1.68. The maximum Gasteiger partial charge on any atom is 0.323 e. The molecular formula is C13H16ClN5O. The van der Waals surface area contributed by atoms with Gasteiger partial charge in [-0.2, -0.15) is 0 Å². The van der Waals surface area contributed by atoms with Crippen molar-refractivity contribution in [2.75, 3.05) is 23.9 Å². The summed E-state index contributed by atoms with van der Waals surface area (Å²) in [4.78, 5) is 23.5. The lowest BCUT2D eigenvalue weighted by Gasteiger charge is -2.19. The fourth-order valence-electron chi connectivity index (χ4n) is 2.54. The van der Waals surface area contributed by atoms with E-state index in [0.29, 0.717) is 5.84 Å². The summed E-state index contributed by atoms with van der Waals surface area (Å²) in [6.45, 7) is 1.98. The zero-order valence-electron chi connectivity index (χ0n) is 10.9. The predicted molar refractivity (Wildman–Crippen MR) is 82.4 cm³/mol. The summed E-state index contributed by atoms with van der Waals surface area (Å²) in [6.07, 6.45) is 2.33. The average Bonchev–Trinajstić information content (AvgIpc) is 3.05. The molecule has 1 aliphatic heterocycles. The van der Waals surface area contributed by atoms with Crippen molar-refractivity contribution < 1.29 is 0 Å². The number of H-pyrrole nitrogens is 2. The molecule has 1 saturated heterocycles. The number of benzene rings is 1. The number of rotatable bonds is 3. The normalized spacial score (nSPS) is 16.2. The molecule has 0 atom stereocenters. The van der Waals surface area contributed by atoms with Gasteiger partial charge in [0.05, 0.1) is 28.3 Å². The van der Waals surface area contributed by atoms with Crippen LogP contribution in [0.5, 0.6) is 0 Å². The van der Waals surface area contributed by atoms with Gasteiger partial charge < -0.3 is 20.6 Å².